The number of fused-ring (bicyclic) bond motifs is 8. The molecule has 12 heteroatoms. The highest BCUT2D eigenvalue weighted by molar-refractivity contribution is 5.87. The molecule has 1 aliphatic carbocycles. The molecule has 8 bridgehead atoms. The molecule has 0 spiro atoms. The van der Waals surface area contributed by atoms with Gasteiger partial charge in [-0.15, -0.1) is 0 Å². The number of hydrogen-bond donors (Lipinski definition) is 1. The van der Waals surface area contributed by atoms with Crippen molar-refractivity contribution in [2.45, 2.75) is 88.1 Å². The zero-order chi connectivity index (χ0) is 31.2. The fourth-order valence-electron chi connectivity index (χ4n) is 6.87. The molecule has 7 rings (SSSR count). The summed E-state index contributed by atoms with van der Waals surface area (Å²) in [5.41, 5.74) is -2.35. The van der Waals surface area contributed by atoms with Crippen LogP contribution in [0.5, 0.6) is 0 Å². The van der Waals surface area contributed by atoms with Gasteiger partial charge in [0.2, 0.25) is 0 Å². The number of halogens is 5. The lowest BCUT2D eigenvalue weighted by atomic mass is 9.85. The number of nitrogens with zero attached hydrogens (tertiary/aromatic N) is 5. The van der Waals surface area contributed by atoms with Gasteiger partial charge >= 0.3 is 0 Å². The number of pyridine rings is 1. The number of benzene rings is 1. The summed E-state index contributed by atoms with van der Waals surface area (Å²) in [6.45, 7) is 3.14. The zero-order valence-corrected chi connectivity index (χ0v) is 24.5. The van der Waals surface area contributed by atoms with Gasteiger partial charge in [0.15, 0.2) is 0 Å². The third-order valence-electron chi connectivity index (χ3n) is 9.71. The fourth-order valence-corrected chi connectivity index (χ4v) is 6.87. The first-order valence-corrected chi connectivity index (χ1v) is 15.3. The van der Waals surface area contributed by atoms with E-state index in [0.29, 0.717) is 51.7 Å². The highest BCUT2D eigenvalue weighted by atomic mass is 19.3. The van der Waals surface area contributed by atoms with Crippen molar-refractivity contribution in [1.82, 2.24) is 19.4 Å². The topological polar surface area (TPSA) is 86.8 Å². The van der Waals surface area contributed by atoms with Gasteiger partial charge in [-0.1, -0.05) is 31.0 Å². The summed E-state index contributed by atoms with van der Waals surface area (Å²) in [4.78, 5) is 24.5. The molecule has 4 aliphatic rings. The molecule has 7 nitrogen and oxygen atoms in total. The molecule has 44 heavy (non-hydrogen) atoms. The highest BCUT2D eigenvalue weighted by Crippen LogP contribution is 2.48. The van der Waals surface area contributed by atoms with E-state index >= 15 is 13.2 Å². The van der Waals surface area contributed by atoms with E-state index in [2.05, 4.69) is 26.3 Å². The average Bonchev–Trinajstić information content (AvgIpc) is 3.80. The van der Waals surface area contributed by atoms with E-state index in [1.165, 1.54) is 18.2 Å². The summed E-state index contributed by atoms with van der Waals surface area (Å²) in [6, 6.07) is 5.29. The summed E-state index contributed by atoms with van der Waals surface area (Å²) >= 11 is 0. The van der Waals surface area contributed by atoms with Crippen molar-refractivity contribution in [2.24, 2.45) is 5.92 Å². The molecule has 3 aromatic rings. The molecule has 2 aromatic heterocycles. The molecule has 5 heterocycles. The third kappa shape index (κ3) is 5.33. The fraction of sp³-hybridized carbons (Fsp3) is 0.562. The van der Waals surface area contributed by atoms with Crippen LogP contribution in [-0.2, 0) is 11.3 Å². The first kappa shape index (κ1) is 30.4. The Hall–Kier alpha value is -3.59. The predicted octanol–water partition coefficient (Wildman–Crippen LogP) is 6.84. The maximum Gasteiger partial charge on any atom is 0.278 e. The number of nitrogens with one attached hydrogen (secondary N) is 1. The van der Waals surface area contributed by atoms with Crippen LogP contribution in [0.2, 0.25) is 0 Å². The summed E-state index contributed by atoms with van der Waals surface area (Å²) in [7, 11) is 0. The van der Waals surface area contributed by atoms with Gasteiger partial charge in [-0.2, -0.15) is 5.26 Å². The third-order valence-corrected chi connectivity index (χ3v) is 9.71. The number of alkyl halides is 4. The molecule has 1 aromatic carbocycles. The summed E-state index contributed by atoms with van der Waals surface area (Å²) < 4.78 is 77.9. The van der Waals surface area contributed by atoms with Crippen LogP contribution >= 0.6 is 0 Å². The molecular formula is C32H35F5N6O. The van der Waals surface area contributed by atoms with Gasteiger partial charge in [-0.25, -0.2) is 31.9 Å². The van der Waals surface area contributed by atoms with Crippen molar-refractivity contribution in [3.63, 3.8) is 0 Å². The van der Waals surface area contributed by atoms with Crippen LogP contribution in [0.15, 0.2) is 35.4 Å². The Labute approximate surface area is 252 Å². The van der Waals surface area contributed by atoms with Gasteiger partial charge in [0.05, 0.1) is 34.5 Å². The molecular weight excluding hydrogens is 579 g/mol. The highest BCUT2D eigenvalue weighted by Gasteiger charge is 2.48. The zero-order valence-electron chi connectivity index (χ0n) is 24.5. The Morgan fingerprint density at radius 2 is 1.80 bits per heavy atom. The van der Waals surface area contributed by atoms with Crippen molar-refractivity contribution in [3.05, 3.63) is 63.5 Å². The van der Waals surface area contributed by atoms with E-state index in [-0.39, 0.29) is 47.2 Å². The van der Waals surface area contributed by atoms with Gasteiger partial charge in [-0.05, 0) is 71.1 Å². The van der Waals surface area contributed by atoms with Gasteiger partial charge < -0.3 is 10.2 Å². The van der Waals surface area contributed by atoms with Crippen LogP contribution in [0.1, 0.15) is 87.1 Å². The number of aromatic nitrogens is 3. The lowest BCUT2D eigenvalue weighted by Crippen LogP contribution is -2.40. The van der Waals surface area contributed by atoms with Gasteiger partial charge in [0.25, 0.3) is 17.9 Å². The second kappa shape index (κ2) is 11.7. The smallest absolute Gasteiger partial charge is 0.278 e. The van der Waals surface area contributed by atoms with Crippen molar-refractivity contribution in [1.29, 1.82) is 5.26 Å². The van der Waals surface area contributed by atoms with E-state index in [1.807, 2.05) is 0 Å². The van der Waals surface area contributed by atoms with E-state index in [0.717, 1.165) is 17.0 Å². The molecule has 2 fully saturated rings. The molecule has 1 saturated heterocycles. The second-order valence-corrected chi connectivity index (χ2v) is 12.5. The quantitative estimate of drug-likeness (QED) is 0.318. The van der Waals surface area contributed by atoms with E-state index in [4.69, 9.17) is 0 Å². The Morgan fingerprint density at radius 3 is 2.48 bits per heavy atom. The number of anilines is 1. The molecule has 0 amide bonds. The van der Waals surface area contributed by atoms with Crippen LogP contribution in [-0.4, -0.2) is 45.5 Å². The van der Waals surface area contributed by atoms with Gasteiger partial charge in [0.1, 0.15) is 23.6 Å². The summed E-state index contributed by atoms with van der Waals surface area (Å²) in [5, 5.41) is 13.2. The minimum atomic E-state index is -3.36. The molecule has 1 saturated carbocycles. The Balaban J connectivity index is 1.50. The Bertz CT molecular complexity index is 1640. The van der Waals surface area contributed by atoms with Crippen LogP contribution in [0.4, 0.5) is 27.8 Å². The molecule has 0 radical (unpaired) electrons. The van der Waals surface area contributed by atoms with E-state index in [9.17, 15) is 18.8 Å². The molecule has 234 valence electrons. The molecule has 2 atom stereocenters. The second-order valence-electron chi connectivity index (χ2n) is 12.5. The van der Waals surface area contributed by atoms with Crippen molar-refractivity contribution in [2.75, 3.05) is 25.0 Å². The van der Waals surface area contributed by atoms with E-state index in [1.54, 1.807) is 6.92 Å². The molecule has 3 aliphatic heterocycles. The number of rotatable bonds is 2. The standard InChI is InChI=1S/C32H35F5N6O/c1-19-21-6-5-7-23(26(21)33)32(36,37)20-9-14-42(15-10-20)13-4-2-3-8-25(27(34)35)43-29-22(28(41-19)39-18-40-29)16-24(30(43)44)31(17-38)11-12-31/h5-7,16,18-20,25,27H,2-4,8-15H2,1H3,(H,39,40,41)/t19-,25?/m1/s1. The first-order valence-electron chi connectivity index (χ1n) is 15.3. The lowest BCUT2D eigenvalue weighted by Gasteiger charge is -2.36. The number of hydrogen-bond acceptors (Lipinski definition) is 6. The normalized spacial score (nSPS) is 26.7. The van der Waals surface area contributed by atoms with E-state index < -0.39 is 52.7 Å². The van der Waals surface area contributed by atoms with Crippen molar-refractivity contribution < 1.29 is 22.0 Å². The first-order chi connectivity index (χ1) is 21.1. The Kier molecular flexibility index (Phi) is 8.11. The summed E-state index contributed by atoms with van der Waals surface area (Å²) in [5.74, 6) is -5.25. The van der Waals surface area contributed by atoms with Crippen LogP contribution < -0.4 is 10.9 Å². The van der Waals surface area contributed by atoms with Gasteiger partial charge in [-0.3, -0.25) is 9.36 Å². The number of nitriles is 1. The predicted molar refractivity (Wildman–Crippen MR) is 155 cm³/mol. The maximum atomic E-state index is 15.9. The minimum absolute atomic E-state index is 0.00420. The average molecular weight is 615 g/mol. The van der Waals surface area contributed by atoms with Crippen LogP contribution in [0.25, 0.3) is 11.0 Å². The SMILES string of the molecule is C[C@H]1Nc2ncnc3c2cc(C2(C#N)CC2)c(=O)n3C(C(F)F)CCCCCN2CCC(CC2)C(F)(F)c2cccc1c2F. The lowest BCUT2D eigenvalue weighted by molar-refractivity contribution is -0.0880. The molecule has 1 unspecified atom stereocenters. The number of piperidine rings is 1. The maximum absolute atomic E-state index is 15.9. The summed E-state index contributed by atoms with van der Waals surface area (Å²) in [6.07, 6.45) is 1.29. The van der Waals surface area contributed by atoms with Crippen LogP contribution in [0, 0.1) is 23.1 Å². The largest absolute Gasteiger partial charge is 0.363 e. The van der Waals surface area contributed by atoms with Crippen molar-refractivity contribution in [3.8, 4) is 6.07 Å². The van der Waals surface area contributed by atoms with Gasteiger partial charge in [0, 0.05) is 17.0 Å². The minimum Gasteiger partial charge on any atom is -0.363 e. The van der Waals surface area contributed by atoms with Crippen molar-refractivity contribution >= 4 is 16.9 Å². The Morgan fingerprint density at radius 1 is 1.05 bits per heavy atom. The monoisotopic (exact) mass is 614 g/mol. The molecule has 1 N–H and O–H groups in total. The van der Waals surface area contributed by atoms with Crippen LogP contribution in [0.3, 0.4) is 0 Å².